The van der Waals surface area contributed by atoms with Gasteiger partial charge in [-0.3, -0.25) is 0 Å². The van der Waals surface area contributed by atoms with Crippen molar-refractivity contribution >= 4 is 37.7 Å². The van der Waals surface area contributed by atoms with Gasteiger partial charge in [-0.2, -0.15) is 13.2 Å². The van der Waals surface area contributed by atoms with Crippen molar-refractivity contribution in [3.05, 3.63) is 90.5 Å². The normalized spacial score (nSPS) is 15.0. The summed E-state index contributed by atoms with van der Waals surface area (Å²) in [6.45, 7) is 0. The highest BCUT2D eigenvalue weighted by molar-refractivity contribution is 6.87. The molecule has 1 aliphatic heterocycles. The van der Waals surface area contributed by atoms with E-state index in [1.165, 1.54) is 12.1 Å². The number of rotatable bonds is 3. The van der Waals surface area contributed by atoms with Gasteiger partial charge >= 0.3 is 27.5 Å². The highest BCUT2D eigenvalue weighted by Crippen LogP contribution is 2.28. The maximum absolute atomic E-state index is 12.8. The third-order valence-corrected chi connectivity index (χ3v) is 4.40. The van der Waals surface area contributed by atoms with Crippen molar-refractivity contribution in [2.45, 2.75) is 6.18 Å². The predicted molar refractivity (Wildman–Crippen MR) is 104 cm³/mol. The Morgan fingerprint density at radius 2 is 0.857 bits per heavy atom. The van der Waals surface area contributed by atoms with Crippen LogP contribution in [0.5, 0.6) is 0 Å². The highest BCUT2D eigenvalue weighted by atomic mass is 19.4. The van der Waals surface area contributed by atoms with E-state index in [0.29, 0.717) is 5.46 Å². The van der Waals surface area contributed by atoms with Crippen molar-refractivity contribution in [3.8, 4) is 0 Å². The monoisotopic (exact) mass is 380 g/mol. The first-order valence-electron chi connectivity index (χ1n) is 8.74. The Labute approximate surface area is 161 Å². The first-order chi connectivity index (χ1) is 13.5. The molecular weight excluding hydrogens is 366 g/mol. The van der Waals surface area contributed by atoms with E-state index >= 15 is 0 Å². The molecule has 4 rings (SSSR count). The molecular formula is C19H14B3F3O3. The van der Waals surface area contributed by atoms with Crippen LogP contribution < -0.4 is 16.4 Å². The molecule has 3 aromatic carbocycles. The number of alkyl halides is 3. The van der Waals surface area contributed by atoms with Crippen LogP contribution in [0.25, 0.3) is 0 Å². The molecule has 1 aliphatic rings. The Hall–Kier alpha value is -2.48. The Morgan fingerprint density at radius 1 is 0.500 bits per heavy atom. The second-order valence-electron chi connectivity index (χ2n) is 6.35. The fourth-order valence-corrected chi connectivity index (χ4v) is 2.95. The smallest absolute Gasteiger partial charge is 0.445 e. The minimum Gasteiger partial charge on any atom is -0.445 e. The fourth-order valence-electron chi connectivity index (χ4n) is 2.95. The third-order valence-electron chi connectivity index (χ3n) is 4.40. The molecule has 3 aromatic rings. The average molecular weight is 380 g/mol. The molecule has 0 aromatic heterocycles. The van der Waals surface area contributed by atoms with Gasteiger partial charge in [-0.15, -0.1) is 0 Å². The van der Waals surface area contributed by atoms with Gasteiger partial charge in [0.15, 0.2) is 0 Å². The van der Waals surface area contributed by atoms with Crippen LogP contribution in [-0.2, 0) is 19.9 Å². The lowest BCUT2D eigenvalue weighted by Crippen LogP contribution is -2.61. The first-order valence-corrected chi connectivity index (χ1v) is 8.74. The van der Waals surface area contributed by atoms with E-state index in [2.05, 4.69) is 0 Å². The molecule has 1 heterocycles. The van der Waals surface area contributed by atoms with Crippen molar-refractivity contribution < 1.29 is 26.9 Å². The van der Waals surface area contributed by atoms with Crippen LogP contribution in [0.15, 0.2) is 84.9 Å². The molecule has 28 heavy (non-hydrogen) atoms. The molecule has 1 saturated heterocycles. The standard InChI is InChI=1S/C19H14B3F3O3/c23-19(24,25)15-11-13-18(14-12-15)22-27-20(16-7-3-1-4-8-16)26-21(28-22)17-9-5-2-6-10-17/h1-14H. The van der Waals surface area contributed by atoms with Gasteiger partial charge in [-0.25, -0.2) is 0 Å². The van der Waals surface area contributed by atoms with Crippen LogP contribution >= 0.6 is 0 Å². The summed E-state index contributed by atoms with van der Waals surface area (Å²) >= 11 is 0. The molecule has 0 bridgehead atoms. The fraction of sp³-hybridized carbons (Fsp3) is 0.0526. The molecule has 0 unspecified atom stereocenters. The zero-order valence-electron chi connectivity index (χ0n) is 14.7. The van der Waals surface area contributed by atoms with E-state index in [4.69, 9.17) is 13.7 Å². The Morgan fingerprint density at radius 3 is 1.21 bits per heavy atom. The lowest BCUT2D eigenvalue weighted by molar-refractivity contribution is -0.137. The molecule has 0 spiro atoms. The van der Waals surface area contributed by atoms with Crippen molar-refractivity contribution in [2.24, 2.45) is 0 Å². The highest BCUT2D eigenvalue weighted by Gasteiger charge is 2.43. The van der Waals surface area contributed by atoms with E-state index in [1.54, 1.807) is 0 Å². The lowest BCUT2D eigenvalue weighted by atomic mass is 9.61. The second-order valence-corrected chi connectivity index (χ2v) is 6.35. The Balaban J connectivity index is 1.64. The summed E-state index contributed by atoms with van der Waals surface area (Å²) in [7, 11) is -2.30. The Kier molecular flexibility index (Phi) is 5.30. The summed E-state index contributed by atoms with van der Waals surface area (Å²) in [5.74, 6) is 0. The van der Waals surface area contributed by atoms with Gasteiger partial charge in [0.05, 0.1) is 5.56 Å². The minimum absolute atomic E-state index is 0.484. The van der Waals surface area contributed by atoms with Crippen LogP contribution in [0, 0.1) is 0 Å². The van der Waals surface area contributed by atoms with Gasteiger partial charge in [-0.05, 0) is 16.4 Å². The summed E-state index contributed by atoms with van der Waals surface area (Å²) in [5.41, 5.74) is 1.35. The van der Waals surface area contributed by atoms with Crippen molar-refractivity contribution in [2.75, 3.05) is 0 Å². The number of hydrogen-bond acceptors (Lipinski definition) is 3. The van der Waals surface area contributed by atoms with Gasteiger partial charge in [0, 0.05) is 0 Å². The maximum atomic E-state index is 12.8. The molecule has 3 nitrogen and oxygen atoms in total. The van der Waals surface area contributed by atoms with E-state index in [0.717, 1.165) is 23.1 Å². The molecule has 0 saturated carbocycles. The first kappa shape index (κ1) is 18.9. The van der Waals surface area contributed by atoms with Gasteiger partial charge in [0.1, 0.15) is 0 Å². The maximum Gasteiger partial charge on any atom is 0.467 e. The molecule has 0 radical (unpaired) electrons. The molecule has 0 aliphatic carbocycles. The summed E-state index contributed by atoms with van der Waals surface area (Å²) < 4.78 is 56.3. The van der Waals surface area contributed by atoms with Crippen LogP contribution in [0.4, 0.5) is 13.2 Å². The summed E-state index contributed by atoms with van der Waals surface area (Å²) in [5, 5.41) is 0. The minimum atomic E-state index is -4.39. The van der Waals surface area contributed by atoms with E-state index < -0.39 is 33.1 Å². The van der Waals surface area contributed by atoms with Gasteiger partial charge in [0.2, 0.25) is 0 Å². The van der Waals surface area contributed by atoms with Gasteiger partial charge in [0.25, 0.3) is 0 Å². The van der Waals surface area contributed by atoms with Crippen LogP contribution in [-0.4, -0.2) is 21.4 Å². The molecule has 138 valence electrons. The average Bonchev–Trinajstić information content (AvgIpc) is 2.74. The number of hydrogen-bond donors (Lipinski definition) is 0. The summed E-state index contributed by atoms with van der Waals surface area (Å²) in [6, 6.07) is 23.4. The second kappa shape index (κ2) is 7.87. The molecule has 0 atom stereocenters. The lowest BCUT2D eigenvalue weighted by Gasteiger charge is -2.31. The quantitative estimate of drug-likeness (QED) is 0.653. The molecule has 1 fully saturated rings. The SMILES string of the molecule is FC(F)(F)c1ccc(B2OB(c3ccccc3)OB(c3ccccc3)O2)cc1. The molecule has 0 N–H and O–H groups in total. The van der Waals surface area contributed by atoms with E-state index in [-0.39, 0.29) is 0 Å². The molecule has 9 heteroatoms. The third kappa shape index (κ3) is 4.17. The van der Waals surface area contributed by atoms with Crippen molar-refractivity contribution in [3.63, 3.8) is 0 Å². The Bertz CT molecular complexity index is 861. The van der Waals surface area contributed by atoms with Crippen LogP contribution in [0.1, 0.15) is 5.56 Å². The van der Waals surface area contributed by atoms with Gasteiger partial charge < -0.3 is 13.7 Å². The zero-order valence-corrected chi connectivity index (χ0v) is 14.7. The summed E-state index contributed by atoms with van der Waals surface area (Å²) in [4.78, 5) is 0. The van der Waals surface area contributed by atoms with Crippen molar-refractivity contribution in [1.29, 1.82) is 0 Å². The summed E-state index contributed by atoms with van der Waals surface area (Å²) in [6.07, 6.45) is -4.39. The van der Waals surface area contributed by atoms with E-state index in [1.807, 2.05) is 60.7 Å². The number of benzene rings is 3. The zero-order chi connectivity index (χ0) is 19.6. The van der Waals surface area contributed by atoms with Crippen LogP contribution in [0.3, 0.4) is 0 Å². The largest absolute Gasteiger partial charge is 0.467 e. The topological polar surface area (TPSA) is 27.7 Å². The van der Waals surface area contributed by atoms with Crippen LogP contribution in [0.2, 0.25) is 0 Å². The number of halogens is 3. The molecule has 0 amide bonds. The predicted octanol–water partition coefficient (Wildman–Crippen LogP) is 2.25. The van der Waals surface area contributed by atoms with Gasteiger partial charge in [-0.1, -0.05) is 84.9 Å². The van der Waals surface area contributed by atoms with Crippen molar-refractivity contribution in [1.82, 2.24) is 0 Å². The van der Waals surface area contributed by atoms with E-state index in [9.17, 15) is 13.2 Å².